The number of non-ortho nitro benzene ring substituents is 1. The van der Waals surface area contributed by atoms with Gasteiger partial charge in [0.1, 0.15) is 0 Å². The zero-order valence-electron chi connectivity index (χ0n) is 10.5. The molecule has 0 saturated heterocycles. The van der Waals surface area contributed by atoms with Gasteiger partial charge in [-0.2, -0.15) is 0 Å². The number of hydrogen-bond donors (Lipinski definition) is 0. The average molecular weight is 271 g/mol. The third-order valence-corrected chi connectivity index (χ3v) is 2.04. The topological polar surface area (TPSA) is 60.2 Å². The van der Waals surface area contributed by atoms with E-state index in [1.54, 1.807) is 6.20 Å². The summed E-state index contributed by atoms with van der Waals surface area (Å²) in [5.41, 5.74) is 0.428. The lowest BCUT2D eigenvalue weighted by atomic mass is 10.1. The molecule has 98 valence electrons. The van der Waals surface area contributed by atoms with Crippen molar-refractivity contribution >= 4 is 11.5 Å². The number of carbonyl (C=O) groups is 1. The number of rotatable bonds is 4. The van der Waals surface area contributed by atoms with E-state index in [1.165, 1.54) is 30.3 Å². The van der Waals surface area contributed by atoms with E-state index in [0.29, 0.717) is 10.0 Å². The molecule has 0 radical (unpaired) electrons. The first-order valence-electron chi connectivity index (χ1n) is 5.09. The maximum absolute atomic E-state index is 11.7. The predicted octanol–water partition coefficient (Wildman–Crippen LogP) is -0.999. The third-order valence-electron chi connectivity index (χ3n) is 2.04. The van der Waals surface area contributed by atoms with Gasteiger partial charge in [0.2, 0.25) is 0 Å². The van der Waals surface area contributed by atoms with E-state index in [1.807, 2.05) is 21.1 Å². The molecule has 0 unspecified atom stereocenters. The summed E-state index contributed by atoms with van der Waals surface area (Å²) < 4.78 is 0.540. The summed E-state index contributed by atoms with van der Waals surface area (Å²) in [5, 5.41) is 10.4. The molecule has 0 bridgehead atoms. The molecule has 0 heterocycles. The number of quaternary nitrogens is 1. The Morgan fingerprint density at radius 3 is 2.11 bits per heavy atom. The van der Waals surface area contributed by atoms with E-state index in [2.05, 4.69) is 0 Å². The molecule has 18 heavy (non-hydrogen) atoms. The highest BCUT2D eigenvalue weighted by molar-refractivity contribution is 6.04. The summed E-state index contributed by atoms with van der Waals surface area (Å²) in [5.74, 6) is -0.159. The number of halogens is 1. The molecule has 0 atom stereocenters. The van der Waals surface area contributed by atoms with Gasteiger partial charge >= 0.3 is 0 Å². The Bertz CT molecular complexity index is 461. The standard InChI is InChI=1S/C12H15N2O3.ClH/c1-14(2,3)9-8-12(15)10-4-6-11(7-5-10)13(16)17;/h4-9H,1-3H3;1H/q+1;/p-1. The van der Waals surface area contributed by atoms with E-state index in [0.717, 1.165) is 0 Å². The van der Waals surface area contributed by atoms with Crippen LogP contribution in [0.1, 0.15) is 10.4 Å². The lowest BCUT2D eigenvalue weighted by Gasteiger charge is -2.16. The second-order valence-corrected chi connectivity index (χ2v) is 4.60. The highest BCUT2D eigenvalue weighted by atomic mass is 35.5. The fraction of sp³-hybridized carbons (Fsp3) is 0.250. The first-order valence-corrected chi connectivity index (χ1v) is 5.09. The highest BCUT2D eigenvalue weighted by Crippen LogP contribution is 2.12. The lowest BCUT2D eigenvalue weighted by molar-refractivity contribution is -0.817. The number of nitro groups is 1. The number of benzene rings is 1. The molecule has 0 spiro atoms. The lowest BCUT2D eigenvalue weighted by Crippen LogP contribution is -3.00. The van der Waals surface area contributed by atoms with Crippen molar-refractivity contribution in [3.05, 3.63) is 52.2 Å². The number of ketones is 1. The SMILES string of the molecule is C[N+](C)(C)C=CC(=O)c1ccc([N+](=O)[O-])cc1.[Cl-]. The van der Waals surface area contributed by atoms with Crippen molar-refractivity contribution in [1.82, 2.24) is 0 Å². The van der Waals surface area contributed by atoms with Gasteiger partial charge in [0.15, 0.2) is 5.78 Å². The molecular formula is C12H15ClN2O3. The number of hydrogen-bond acceptors (Lipinski definition) is 3. The molecule has 0 saturated carbocycles. The highest BCUT2D eigenvalue weighted by Gasteiger charge is 2.08. The van der Waals surface area contributed by atoms with E-state index in [-0.39, 0.29) is 23.9 Å². The summed E-state index contributed by atoms with van der Waals surface area (Å²) in [6.45, 7) is 0. The van der Waals surface area contributed by atoms with Crippen LogP contribution in [-0.4, -0.2) is 36.3 Å². The predicted molar refractivity (Wildman–Crippen MR) is 64.6 cm³/mol. The first kappa shape index (κ1) is 16.3. The molecule has 0 fully saturated rings. The van der Waals surface area contributed by atoms with Gasteiger partial charge in [-0.05, 0) is 12.1 Å². The van der Waals surface area contributed by atoms with Gasteiger partial charge in [-0.15, -0.1) is 0 Å². The van der Waals surface area contributed by atoms with Crippen LogP contribution in [0.25, 0.3) is 0 Å². The second kappa shape index (κ2) is 6.28. The summed E-state index contributed by atoms with van der Waals surface area (Å²) in [6, 6.07) is 5.57. The molecule has 0 N–H and O–H groups in total. The van der Waals surface area contributed by atoms with E-state index < -0.39 is 4.92 Å². The van der Waals surface area contributed by atoms with Crippen LogP contribution in [0.15, 0.2) is 36.5 Å². The summed E-state index contributed by atoms with van der Waals surface area (Å²) >= 11 is 0. The molecular weight excluding hydrogens is 256 g/mol. The van der Waals surface area contributed by atoms with E-state index in [9.17, 15) is 14.9 Å². The Balaban J connectivity index is 0.00000289. The van der Waals surface area contributed by atoms with Gasteiger partial charge in [-0.25, -0.2) is 0 Å². The minimum Gasteiger partial charge on any atom is -1.00 e. The van der Waals surface area contributed by atoms with Crippen molar-refractivity contribution in [2.75, 3.05) is 21.1 Å². The molecule has 0 aromatic heterocycles. The van der Waals surface area contributed by atoms with Crippen LogP contribution in [0.2, 0.25) is 0 Å². The average Bonchev–Trinajstić information content (AvgIpc) is 2.25. The van der Waals surface area contributed by atoms with Crippen LogP contribution in [0.3, 0.4) is 0 Å². The zero-order valence-corrected chi connectivity index (χ0v) is 11.2. The van der Waals surface area contributed by atoms with Crippen molar-refractivity contribution in [3.8, 4) is 0 Å². The van der Waals surface area contributed by atoms with Crippen molar-refractivity contribution < 1.29 is 26.6 Å². The minimum atomic E-state index is -0.490. The Hall–Kier alpha value is -1.72. The summed E-state index contributed by atoms with van der Waals surface area (Å²) in [7, 11) is 5.79. The molecule has 0 aliphatic carbocycles. The largest absolute Gasteiger partial charge is 1.00 e. The summed E-state index contributed by atoms with van der Waals surface area (Å²) in [4.78, 5) is 21.7. The zero-order chi connectivity index (χ0) is 13.1. The fourth-order valence-electron chi connectivity index (χ4n) is 1.13. The molecule has 6 heteroatoms. The van der Waals surface area contributed by atoms with Gasteiger partial charge in [0.25, 0.3) is 5.69 Å². The van der Waals surface area contributed by atoms with E-state index in [4.69, 9.17) is 0 Å². The van der Waals surface area contributed by atoms with Crippen LogP contribution in [0.4, 0.5) is 5.69 Å². The Morgan fingerprint density at radius 2 is 1.72 bits per heavy atom. The molecule has 0 amide bonds. The molecule has 1 aromatic rings. The van der Waals surface area contributed by atoms with Gasteiger partial charge < -0.3 is 16.9 Å². The Labute approximate surface area is 112 Å². The molecule has 1 rings (SSSR count). The third kappa shape index (κ3) is 5.07. The molecule has 5 nitrogen and oxygen atoms in total. The van der Waals surface area contributed by atoms with Crippen LogP contribution >= 0.6 is 0 Å². The van der Waals surface area contributed by atoms with Gasteiger partial charge in [-0.3, -0.25) is 14.9 Å². The molecule has 0 aliphatic heterocycles. The Kier molecular flexibility index (Phi) is 5.68. The first-order chi connectivity index (χ1) is 7.79. The maximum Gasteiger partial charge on any atom is 0.269 e. The fourth-order valence-corrected chi connectivity index (χ4v) is 1.13. The second-order valence-electron chi connectivity index (χ2n) is 4.60. The summed E-state index contributed by atoms with van der Waals surface area (Å²) in [6.07, 6.45) is 3.23. The van der Waals surface area contributed by atoms with Crippen molar-refractivity contribution in [1.29, 1.82) is 0 Å². The van der Waals surface area contributed by atoms with Crippen molar-refractivity contribution in [2.45, 2.75) is 0 Å². The van der Waals surface area contributed by atoms with Crippen molar-refractivity contribution in [3.63, 3.8) is 0 Å². The van der Waals surface area contributed by atoms with Crippen molar-refractivity contribution in [2.24, 2.45) is 0 Å². The van der Waals surface area contributed by atoms with Crippen LogP contribution < -0.4 is 12.4 Å². The maximum atomic E-state index is 11.7. The van der Waals surface area contributed by atoms with Gasteiger partial charge in [-0.1, -0.05) is 0 Å². The normalized spacial score (nSPS) is 11.1. The number of carbonyl (C=O) groups excluding carboxylic acids is 1. The van der Waals surface area contributed by atoms with Gasteiger partial charge in [0, 0.05) is 23.8 Å². The minimum absolute atomic E-state index is 0. The van der Waals surface area contributed by atoms with E-state index >= 15 is 0 Å². The monoisotopic (exact) mass is 270 g/mol. The van der Waals surface area contributed by atoms with Crippen LogP contribution in [-0.2, 0) is 0 Å². The van der Waals surface area contributed by atoms with Crippen LogP contribution in [0.5, 0.6) is 0 Å². The quantitative estimate of drug-likeness (QED) is 0.232. The Morgan fingerprint density at radius 1 is 1.22 bits per heavy atom. The molecule has 0 aliphatic rings. The number of allylic oxidation sites excluding steroid dienone is 1. The van der Waals surface area contributed by atoms with Gasteiger partial charge in [0.05, 0.1) is 32.3 Å². The number of nitrogens with zero attached hydrogens (tertiary/aromatic N) is 2. The van der Waals surface area contributed by atoms with Crippen LogP contribution in [0, 0.1) is 10.1 Å². The smallest absolute Gasteiger partial charge is 0.269 e. The molecule has 1 aromatic carbocycles. The number of nitro benzene ring substituents is 1.